The van der Waals surface area contributed by atoms with Crippen molar-refractivity contribution in [2.24, 2.45) is 0 Å². The van der Waals surface area contributed by atoms with Crippen LogP contribution in [0.3, 0.4) is 0 Å². The lowest BCUT2D eigenvalue weighted by molar-refractivity contribution is 0.339. The third kappa shape index (κ3) is 4.41. The molecule has 1 N–H and O–H groups in total. The quantitative estimate of drug-likeness (QED) is 0.886. The average molecular weight is 252 g/mol. The van der Waals surface area contributed by atoms with Gasteiger partial charge in [-0.05, 0) is 64.2 Å². The first kappa shape index (κ1) is 13.1. The third-order valence-corrected chi connectivity index (χ3v) is 4.46. The molecule has 96 valence electrons. The van der Waals surface area contributed by atoms with Crippen LogP contribution in [0.15, 0.2) is 17.5 Å². The first-order chi connectivity index (χ1) is 8.24. The molecule has 0 spiro atoms. The Morgan fingerprint density at radius 1 is 1.47 bits per heavy atom. The standard InChI is InChI=1S/C14H24N2S/c1-12(11-14-6-4-10-17-14)15-13-5-3-8-16(2)9-7-13/h4,6,10,12-13,15H,3,5,7-9,11H2,1-2H3. The van der Waals surface area contributed by atoms with Crippen molar-refractivity contribution in [3.05, 3.63) is 22.4 Å². The number of nitrogens with one attached hydrogen (secondary N) is 1. The molecule has 1 saturated heterocycles. The Kier molecular flexibility index (Phi) is 5.01. The van der Waals surface area contributed by atoms with Gasteiger partial charge in [0.25, 0.3) is 0 Å². The topological polar surface area (TPSA) is 15.3 Å². The molecule has 2 unspecified atom stereocenters. The summed E-state index contributed by atoms with van der Waals surface area (Å²) in [4.78, 5) is 3.95. The van der Waals surface area contributed by atoms with Gasteiger partial charge in [0.05, 0.1) is 0 Å². The Bertz CT molecular complexity index is 310. The molecule has 0 radical (unpaired) electrons. The predicted molar refractivity (Wildman–Crippen MR) is 75.8 cm³/mol. The molecule has 1 aliphatic rings. The van der Waals surface area contributed by atoms with Gasteiger partial charge in [0.15, 0.2) is 0 Å². The van der Waals surface area contributed by atoms with Crippen molar-refractivity contribution >= 4 is 11.3 Å². The van der Waals surface area contributed by atoms with Crippen LogP contribution in [0, 0.1) is 0 Å². The van der Waals surface area contributed by atoms with Crippen LogP contribution in [0.2, 0.25) is 0 Å². The Morgan fingerprint density at radius 2 is 2.35 bits per heavy atom. The molecule has 0 aliphatic carbocycles. The monoisotopic (exact) mass is 252 g/mol. The van der Waals surface area contributed by atoms with Gasteiger partial charge in [-0.3, -0.25) is 0 Å². The highest BCUT2D eigenvalue weighted by atomic mass is 32.1. The minimum absolute atomic E-state index is 0.599. The maximum atomic E-state index is 3.80. The van der Waals surface area contributed by atoms with Crippen molar-refractivity contribution in [3.8, 4) is 0 Å². The number of likely N-dealkylation sites (tertiary alicyclic amines) is 1. The lowest BCUT2D eigenvalue weighted by atomic mass is 10.1. The maximum absolute atomic E-state index is 3.80. The van der Waals surface area contributed by atoms with E-state index in [0.717, 1.165) is 6.04 Å². The predicted octanol–water partition coefficient (Wildman–Crippen LogP) is 2.75. The van der Waals surface area contributed by atoms with Crippen LogP contribution in [0.4, 0.5) is 0 Å². The normalized spacial score (nSPS) is 24.5. The van der Waals surface area contributed by atoms with Gasteiger partial charge < -0.3 is 10.2 Å². The number of nitrogens with zero attached hydrogens (tertiary/aromatic N) is 1. The molecule has 0 amide bonds. The van der Waals surface area contributed by atoms with E-state index in [1.54, 1.807) is 0 Å². The zero-order valence-electron chi connectivity index (χ0n) is 11.0. The van der Waals surface area contributed by atoms with Crippen LogP contribution < -0.4 is 5.32 Å². The minimum atomic E-state index is 0.599. The van der Waals surface area contributed by atoms with E-state index in [0.29, 0.717) is 6.04 Å². The SMILES string of the molecule is CC(Cc1cccs1)NC1CCCN(C)CC1. The van der Waals surface area contributed by atoms with E-state index in [1.807, 2.05) is 11.3 Å². The second-order valence-electron chi connectivity index (χ2n) is 5.28. The van der Waals surface area contributed by atoms with Gasteiger partial charge in [0.2, 0.25) is 0 Å². The molecule has 1 aliphatic heterocycles. The summed E-state index contributed by atoms with van der Waals surface area (Å²) in [7, 11) is 2.23. The smallest absolute Gasteiger partial charge is 0.00896 e. The average Bonchev–Trinajstić information content (AvgIpc) is 2.70. The highest BCUT2D eigenvalue weighted by Gasteiger charge is 2.16. The van der Waals surface area contributed by atoms with Crippen molar-refractivity contribution in [3.63, 3.8) is 0 Å². The fourth-order valence-electron chi connectivity index (χ4n) is 2.60. The summed E-state index contributed by atoms with van der Waals surface area (Å²) in [6.07, 6.45) is 5.13. The Morgan fingerprint density at radius 3 is 3.12 bits per heavy atom. The van der Waals surface area contributed by atoms with Crippen molar-refractivity contribution in [2.75, 3.05) is 20.1 Å². The first-order valence-electron chi connectivity index (χ1n) is 6.71. The largest absolute Gasteiger partial charge is 0.311 e. The molecule has 2 rings (SSSR count). The third-order valence-electron chi connectivity index (χ3n) is 3.56. The van der Waals surface area contributed by atoms with E-state index in [9.17, 15) is 0 Å². The number of hydrogen-bond acceptors (Lipinski definition) is 3. The summed E-state index contributed by atoms with van der Waals surface area (Å²) in [6.45, 7) is 4.81. The second-order valence-corrected chi connectivity index (χ2v) is 6.31. The van der Waals surface area contributed by atoms with E-state index in [4.69, 9.17) is 0 Å². The maximum Gasteiger partial charge on any atom is 0.00896 e. The highest BCUT2D eigenvalue weighted by molar-refractivity contribution is 7.09. The van der Waals surface area contributed by atoms with Gasteiger partial charge in [-0.2, -0.15) is 0 Å². The van der Waals surface area contributed by atoms with E-state index >= 15 is 0 Å². The summed E-state index contributed by atoms with van der Waals surface area (Å²) in [5.41, 5.74) is 0. The van der Waals surface area contributed by atoms with Crippen molar-refractivity contribution in [1.29, 1.82) is 0 Å². The number of hydrogen-bond donors (Lipinski definition) is 1. The van der Waals surface area contributed by atoms with Crippen LogP contribution in [0.5, 0.6) is 0 Å². The Balaban J connectivity index is 1.75. The van der Waals surface area contributed by atoms with Crippen LogP contribution >= 0.6 is 11.3 Å². The summed E-state index contributed by atoms with van der Waals surface area (Å²) < 4.78 is 0. The summed E-state index contributed by atoms with van der Waals surface area (Å²) in [5, 5.41) is 5.97. The zero-order chi connectivity index (χ0) is 12.1. The van der Waals surface area contributed by atoms with E-state index < -0.39 is 0 Å². The molecule has 1 aromatic heterocycles. The molecule has 2 nitrogen and oxygen atoms in total. The summed E-state index contributed by atoms with van der Waals surface area (Å²) in [5.74, 6) is 0. The zero-order valence-corrected chi connectivity index (χ0v) is 11.8. The summed E-state index contributed by atoms with van der Waals surface area (Å²) in [6, 6.07) is 5.70. The van der Waals surface area contributed by atoms with Crippen LogP contribution in [-0.2, 0) is 6.42 Å². The lowest BCUT2D eigenvalue weighted by Crippen LogP contribution is -2.38. The molecule has 2 heterocycles. The highest BCUT2D eigenvalue weighted by Crippen LogP contribution is 2.14. The van der Waals surface area contributed by atoms with E-state index in [1.165, 1.54) is 43.6 Å². The Hall–Kier alpha value is -0.380. The minimum Gasteiger partial charge on any atom is -0.311 e. The van der Waals surface area contributed by atoms with Gasteiger partial charge in [0.1, 0.15) is 0 Å². The molecule has 1 fully saturated rings. The van der Waals surface area contributed by atoms with E-state index in [2.05, 4.69) is 41.7 Å². The van der Waals surface area contributed by atoms with Gasteiger partial charge in [-0.25, -0.2) is 0 Å². The van der Waals surface area contributed by atoms with Crippen LogP contribution in [-0.4, -0.2) is 37.1 Å². The number of rotatable bonds is 4. The summed E-state index contributed by atoms with van der Waals surface area (Å²) >= 11 is 1.87. The van der Waals surface area contributed by atoms with Crippen LogP contribution in [0.1, 0.15) is 31.1 Å². The van der Waals surface area contributed by atoms with Crippen molar-refractivity contribution in [1.82, 2.24) is 10.2 Å². The van der Waals surface area contributed by atoms with Crippen LogP contribution in [0.25, 0.3) is 0 Å². The second kappa shape index (κ2) is 6.53. The van der Waals surface area contributed by atoms with Gasteiger partial charge >= 0.3 is 0 Å². The molecule has 0 bridgehead atoms. The first-order valence-corrected chi connectivity index (χ1v) is 7.59. The fourth-order valence-corrected chi connectivity index (χ4v) is 3.43. The van der Waals surface area contributed by atoms with Gasteiger partial charge in [0, 0.05) is 17.0 Å². The van der Waals surface area contributed by atoms with Gasteiger partial charge in [-0.1, -0.05) is 6.07 Å². The molecular weight excluding hydrogens is 228 g/mol. The van der Waals surface area contributed by atoms with E-state index in [-0.39, 0.29) is 0 Å². The molecule has 1 aromatic rings. The molecule has 3 heteroatoms. The molecular formula is C14H24N2S. The molecule has 17 heavy (non-hydrogen) atoms. The van der Waals surface area contributed by atoms with Crippen molar-refractivity contribution in [2.45, 2.75) is 44.7 Å². The lowest BCUT2D eigenvalue weighted by Gasteiger charge is -2.21. The molecule has 0 aromatic carbocycles. The molecule has 2 atom stereocenters. The number of thiophene rings is 1. The Labute approximate surface area is 109 Å². The van der Waals surface area contributed by atoms with Gasteiger partial charge in [-0.15, -0.1) is 11.3 Å². The fraction of sp³-hybridized carbons (Fsp3) is 0.714. The molecule has 0 saturated carbocycles. The van der Waals surface area contributed by atoms with Crippen molar-refractivity contribution < 1.29 is 0 Å².